The number of likely N-dealkylation sites (tertiary alicyclic amines) is 1. The smallest absolute Gasteiger partial charge is 0.123 e. The average molecular weight is 347 g/mol. The van der Waals surface area contributed by atoms with Crippen LogP contribution >= 0.6 is 0 Å². The normalized spacial score (nSPS) is 22.2. The van der Waals surface area contributed by atoms with Crippen molar-refractivity contribution in [2.75, 3.05) is 13.1 Å². The molecule has 4 heteroatoms. The summed E-state index contributed by atoms with van der Waals surface area (Å²) in [6, 6.07) is 17.4. The number of hydrogen-bond donors (Lipinski definition) is 0. The molecule has 0 N–H and O–H groups in total. The fourth-order valence-electron chi connectivity index (χ4n) is 4.54. The minimum Gasteiger partial charge on any atom is -0.328 e. The summed E-state index contributed by atoms with van der Waals surface area (Å²) < 4.78 is 15.5. The molecule has 3 heterocycles. The van der Waals surface area contributed by atoms with Crippen molar-refractivity contribution in [3.8, 4) is 11.3 Å². The van der Waals surface area contributed by atoms with Gasteiger partial charge in [-0.25, -0.2) is 9.37 Å². The molecule has 2 aromatic carbocycles. The number of hydrogen-bond acceptors (Lipinski definition) is 2. The van der Waals surface area contributed by atoms with Crippen LogP contribution < -0.4 is 0 Å². The third-order valence-electron chi connectivity index (χ3n) is 5.84. The number of fused-ring (bicyclic) bond motifs is 2. The maximum absolute atomic E-state index is 13.1. The number of imidazole rings is 1. The maximum Gasteiger partial charge on any atom is 0.123 e. The number of benzene rings is 2. The summed E-state index contributed by atoms with van der Waals surface area (Å²) in [6.07, 6.45) is 3.08. The van der Waals surface area contributed by atoms with E-state index in [1.807, 2.05) is 18.3 Å². The predicted molar refractivity (Wildman–Crippen MR) is 100 cm³/mol. The van der Waals surface area contributed by atoms with E-state index in [0.29, 0.717) is 11.8 Å². The number of nitrogens with zero attached hydrogens (tertiary/aromatic N) is 3. The Balaban J connectivity index is 1.33. The van der Waals surface area contributed by atoms with Gasteiger partial charge in [-0.2, -0.15) is 0 Å². The summed E-state index contributed by atoms with van der Waals surface area (Å²) in [5, 5.41) is 0. The Labute approximate surface area is 153 Å². The second-order valence-corrected chi connectivity index (χ2v) is 7.58. The van der Waals surface area contributed by atoms with Crippen molar-refractivity contribution in [1.82, 2.24) is 14.5 Å². The van der Waals surface area contributed by atoms with Gasteiger partial charge in [-0.05, 0) is 35.1 Å². The summed E-state index contributed by atoms with van der Waals surface area (Å²) >= 11 is 0. The topological polar surface area (TPSA) is 21.1 Å². The molecule has 2 aliphatic heterocycles. The maximum atomic E-state index is 13.1. The third kappa shape index (κ3) is 2.84. The summed E-state index contributed by atoms with van der Waals surface area (Å²) in [6.45, 7) is 4.16. The molecule has 0 spiro atoms. The summed E-state index contributed by atoms with van der Waals surface area (Å²) in [5.41, 5.74) is 3.66. The molecule has 1 aromatic heterocycles. The molecule has 1 saturated heterocycles. The quantitative estimate of drug-likeness (QED) is 0.714. The Bertz CT molecular complexity index is 901. The largest absolute Gasteiger partial charge is 0.328 e. The lowest BCUT2D eigenvalue weighted by Gasteiger charge is -2.27. The molecule has 3 aromatic rings. The first-order valence-corrected chi connectivity index (χ1v) is 9.33. The van der Waals surface area contributed by atoms with E-state index >= 15 is 0 Å². The van der Waals surface area contributed by atoms with E-state index in [9.17, 15) is 4.39 Å². The molecular formula is C22H22FN3. The van der Waals surface area contributed by atoms with Crippen LogP contribution in [0.15, 0.2) is 60.8 Å². The van der Waals surface area contributed by atoms with Gasteiger partial charge in [-0.1, -0.05) is 42.5 Å². The van der Waals surface area contributed by atoms with Crippen LogP contribution in [0.4, 0.5) is 4.39 Å². The molecule has 2 aliphatic rings. The summed E-state index contributed by atoms with van der Waals surface area (Å²) in [4.78, 5) is 7.23. The van der Waals surface area contributed by atoms with Crippen molar-refractivity contribution in [1.29, 1.82) is 0 Å². The van der Waals surface area contributed by atoms with E-state index in [2.05, 4.69) is 39.8 Å². The lowest BCUT2D eigenvalue weighted by Crippen LogP contribution is -2.28. The highest BCUT2D eigenvalue weighted by atomic mass is 19.1. The fourth-order valence-corrected chi connectivity index (χ4v) is 4.54. The van der Waals surface area contributed by atoms with Crippen LogP contribution in [0.25, 0.3) is 11.3 Å². The molecule has 0 amide bonds. The van der Waals surface area contributed by atoms with Gasteiger partial charge in [0.25, 0.3) is 0 Å². The lowest BCUT2D eigenvalue weighted by molar-refractivity contribution is 0.307. The van der Waals surface area contributed by atoms with E-state index < -0.39 is 0 Å². The molecular weight excluding hydrogens is 325 g/mol. The zero-order valence-electron chi connectivity index (χ0n) is 14.7. The Morgan fingerprint density at radius 3 is 2.50 bits per heavy atom. The first-order chi connectivity index (χ1) is 12.8. The van der Waals surface area contributed by atoms with Crippen molar-refractivity contribution < 1.29 is 4.39 Å². The van der Waals surface area contributed by atoms with Crippen LogP contribution in [0.2, 0.25) is 0 Å². The average Bonchev–Trinajstić information content (AvgIpc) is 3.25. The van der Waals surface area contributed by atoms with E-state index in [0.717, 1.165) is 32.6 Å². The number of rotatable bonds is 3. The van der Waals surface area contributed by atoms with Crippen molar-refractivity contribution >= 4 is 0 Å². The molecule has 1 fully saturated rings. The van der Waals surface area contributed by atoms with Gasteiger partial charge in [0.15, 0.2) is 0 Å². The van der Waals surface area contributed by atoms with Crippen LogP contribution in [-0.4, -0.2) is 27.5 Å². The van der Waals surface area contributed by atoms with Crippen LogP contribution in [0.3, 0.4) is 0 Å². The number of halogens is 1. The zero-order chi connectivity index (χ0) is 17.5. The van der Waals surface area contributed by atoms with Gasteiger partial charge in [-0.3, -0.25) is 4.90 Å². The first-order valence-electron chi connectivity index (χ1n) is 9.33. The molecule has 5 rings (SSSR count). The van der Waals surface area contributed by atoms with Crippen LogP contribution in [0.5, 0.6) is 0 Å². The number of aromatic nitrogens is 2. The minimum atomic E-state index is -0.164. The van der Waals surface area contributed by atoms with E-state index in [-0.39, 0.29) is 5.82 Å². The molecule has 2 atom stereocenters. The van der Waals surface area contributed by atoms with Crippen molar-refractivity contribution in [3.05, 3.63) is 78.0 Å². The second kappa shape index (κ2) is 6.36. The Hall–Kier alpha value is -2.46. The summed E-state index contributed by atoms with van der Waals surface area (Å²) in [7, 11) is 0. The molecule has 0 aliphatic carbocycles. The van der Waals surface area contributed by atoms with Gasteiger partial charge in [0.2, 0.25) is 0 Å². The lowest BCUT2D eigenvalue weighted by atomic mass is 9.89. The zero-order valence-corrected chi connectivity index (χ0v) is 14.7. The predicted octanol–water partition coefficient (Wildman–Crippen LogP) is 3.99. The standard InChI is InChI=1S/C22H22FN3/c23-20-8-6-16(7-9-20)12-25-13-18-10-22-24-11-21(17-4-2-1-3-5-17)26(22)15-19(18)14-25/h1-9,11,18-19H,10,12-15H2/t18-,19-/m1/s1. The summed E-state index contributed by atoms with van der Waals surface area (Å²) in [5.74, 6) is 2.39. The van der Waals surface area contributed by atoms with Crippen molar-refractivity contribution in [2.45, 2.75) is 19.5 Å². The third-order valence-corrected chi connectivity index (χ3v) is 5.84. The fraction of sp³-hybridized carbons (Fsp3) is 0.318. The van der Waals surface area contributed by atoms with Crippen LogP contribution in [-0.2, 0) is 19.5 Å². The van der Waals surface area contributed by atoms with Gasteiger partial charge >= 0.3 is 0 Å². The molecule has 0 unspecified atom stereocenters. The molecule has 0 bridgehead atoms. The Morgan fingerprint density at radius 1 is 0.923 bits per heavy atom. The molecule has 26 heavy (non-hydrogen) atoms. The highest BCUT2D eigenvalue weighted by Crippen LogP contribution is 2.35. The Kier molecular flexibility index (Phi) is 3.86. The Morgan fingerprint density at radius 2 is 1.69 bits per heavy atom. The van der Waals surface area contributed by atoms with Gasteiger partial charge in [0.05, 0.1) is 11.9 Å². The van der Waals surface area contributed by atoms with Gasteiger partial charge in [-0.15, -0.1) is 0 Å². The van der Waals surface area contributed by atoms with Crippen molar-refractivity contribution in [2.24, 2.45) is 11.8 Å². The van der Waals surface area contributed by atoms with Gasteiger partial charge in [0, 0.05) is 32.6 Å². The minimum absolute atomic E-state index is 0.164. The highest BCUT2D eigenvalue weighted by Gasteiger charge is 2.37. The SMILES string of the molecule is Fc1ccc(CN2C[C@H]3Cc4ncc(-c5ccccc5)n4C[C@H]3C2)cc1. The molecule has 132 valence electrons. The van der Waals surface area contributed by atoms with Gasteiger partial charge in [0.1, 0.15) is 11.6 Å². The van der Waals surface area contributed by atoms with Crippen molar-refractivity contribution in [3.63, 3.8) is 0 Å². The van der Waals surface area contributed by atoms with E-state index in [1.165, 1.54) is 22.6 Å². The molecule has 0 radical (unpaired) electrons. The monoisotopic (exact) mass is 347 g/mol. The van der Waals surface area contributed by atoms with Crippen LogP contribution in [0, 0.1) is 17.7 Å². The highest BCUT2D eigenvalue weighted by molar-refractivity contribution is 5.59. The van der Waals surface area contributed by atoms with Crippen LogP contribution in [0.1, 0.15) is 11.4 Å². The van der Waals surface area contributed by atoms with E-state index in [1.54, 1.807) is 12.1 Å². The second-order valence-electron chi connectivity index (χ2n) is 7.58. The first kappa shape index (κ1) is 15.8. The van der Waals surface area contributed by atoms with E-state index in [4.69, 9.17) is 4.98 Å². The molecule has 0 saturated carbocycles. The molecule has 3 nitrogen and oxygen atoms in total. The van der Waals surface area contributed by atoms with Gasteiger partial charge < -0.3 is 4.57 Å².